The Kier molecular flexibility index (Phi) is 5.47. The van der Waals surface area contributed by atoms with Crippen LogP contribution >= 0.6 is 0 Å². The van der Waals surface area contributed by atoms with E-state index in [1.54, 1.807) is 7.05 Å². The van der Waals surface area contributed by atoms with E-state index in [0.29, 0.717) is 29.2 Å². The number of nitriles is 1. The van der Waals surface area contributed by atoms with Crippen molar-refractivity contribution in [3.63, 3.8) is 0 Å². The van der Waals surface area contributed by atoms with Gasteiger partial charge in [-0.05, 0) is 36.8 Å². The monoisotopic (exact) mass is 513 g/mol. The summed E-state index contributed by atoms with van der Waals surface area (Å²) < 4.78 is 70.4. The van der Waals surface area contributed by atoms with Crippen molar-refractivity contribution in [2.24, 2.45) is 7.05 Å². The van der Waals surface area contributed by atoms with Crippen LogP contribution < -0.4 is 16.0 Å². The zero-order chi connectivity index (χ0) is 26.6. The molecule has 1 aliphatic rings. The van der Waals surface area contributed by atoms with Gasteiger partial charge in [0.15, 0.2) is 0 Å². The van der Waals surface area contributed by atoms with Crippen molar-refractivity contribution < 1.29 is 26.7 Å². The minimum atomic E-state index is -4.73. The molecule has 13 heteroatoms. The molecule has 4 aromatic rings. The van der Waals surface area contributed by atoms with E-state index >= 15 is 4.39 Å². The van der Waals surface area contributed by atoms with Gasteiger partial charge in [0.1, 0.15) is 41.2 Å². The van der Waals surface area contributed by atoms with Gasteiger partial charge in [0, 0.05) is 30.3 Å². The Balaban J connectivity index is 1.53. The summed E-state index contributed by atoms with van der Waals surface area (Å²) in [5.41, 5.74) is 5.23. The van der Waals surface area contributed by atoms with E-state index in [1.165, 1.54) is 23.0 Å². The second kappa shape index (κ2) is 8.44. The standard InChI is InChI=1S/C24H16F5N7O/c1-35-17(9-30)18(19-21(31)32-10-33-22(19)35)13-3-5-16-12(20(13)26)6-7-36(16)23(37)34-15-8-11(24(27,28)29)2-4-14(15)25/h2-5,8,10H,6-7H2,1H3,(H,34,37)(H2,31,32,33). The lowest BCUT2D eigenvalue weighted by Gasteiger charge is -2.19. The Bertz CT molecular complexity index is 1640. The van der Waals surface area contributed by atoms with E-state index in [4.69, 9.17) is 5.73 Å². The molecule has 0 bridgehead atoms. The average Bonchev–Trinajstić information content (AvgIpc) is 3.40. The number of amides is 2. The number of nitrogens with zero attached hydrogens (tertiary/aromatic N) is 5. The predicted molar refractivity (Wildman–Crippen MR) is 125 cm³/mol. The average molecular weight is 513 g/mol. The maximum Gasteiger partial charge on any atom is 0.416 e. The molecule has 0 spiro atoms. The minimum absolute atomic E-state index is 0.00594. The van der Waals surface area contributed by atoms with E-state index in [9.17, 15) is 27.6 Å². The van der Waals surface area contributed by atoms with E-state index < -0.39 is 35.1 Å². The van der Waals surface area contributed by atoms with Crippen molar-refractivity contribution in [1.82, 2.24) is 14.5 Å². The van der Waals surface area contributed by atoms with Crippen LogP contribution in [0.2, 0.25) is 0 Å². The molecule has 3 heterocycles. The summed E-state index contributed by atoms with van der Waals surface area (Å²) in [4.78, 5) is 22.0. The molecule has 5 rings (SSSR count). The third-order valence-corrected chi connectivity index (χ3v) is 6.25. The molecule has 188 valence electrons. The largest absolute Gasteiger partial charge is 0.416 e. The second-order valence-electron chi connectivity index (χ2n) is 8.30. The lowest BCUT2D eigenvalue weighted by Crippen LogP contribution is -2.33. The van der Waals surface area contributed by atoms with Crippen molar-refractivity contribution in [1.29, 1.82) is 5.26 Å². The molecule has 37 heavy (non-hydrogen) atoms. The van der Waals surface area contributed by atoms with E-state index in [2.05, 4.69) is 15.3 Å². The third kappa shape index (κ3) is 3.77. The highest BCUT2D eigenvalue weighted by Gasteiger charge is 2.33. The predicted octanol–water partition coefficient (Wildman–Crippen LogP) is 4.98. The van der Waals surface area contributed by atoms with Crippen molar-refractivity contribution >= 4 is 34.3 Å². The number of hydrogen-bond acceptors (Lipinski definition) is 5. The Morgan fingerprint density at radius 2 is 1.95 bits per heavy atom. The van der Waals surface area contributed by atoms with Gasteiger partial charge in [-0.25, -0.2) is 23.5 Å². The SMILES string of the molecule is Cn1c(C#N)c(-c2ccc3c(c2F)CCN3C(=O)Nc2cc(C(F)(F)F)ccc2F)c2c(N)ncnc21. The molecule has 2 aromatic heterocycles. The highest BCUT2D eigenvalue weighted by Crippen LogP contribution is 2.41. The van der Waals surface area contributed by atoms with Gasteiger partial charge < -0.3 is 15.6 Å². The number of nitrogen functional groups attached to an aromatic ring is 1. The fraction of sp³-hybridized carbons (Fsp3) is 0.167. The van der Waals surface area contributed by atoms with Crippen molar-refractivity contribution in [2.75, 3.05) is 22.5 Å². The minimum Gasteiger partial charge on any atom is -0.383 e. The summed E-state index contributed by atoms with van der Waals surface area (Å²) in [6.07, 6.45) is -3.43. The molecule has 0 radical (unpaired) electrons. The summed E-state index contributed by atoms with van der Waals surface area (Å²) in [5, 5.41) is 12.2. The zero-order valence-electron chi connectivity index (χ0n) is 19.0. The molecule has 0 saturated carbocycles. The summed E-state index contributed by atoms with van der Waals surface area (Å²) in [7, 11) is 1.58. The van der Waals surface area contributed by atoms with Gasteiger partial charge in [-0.15, -0.1) is 0 Å². The van der Waals surface area contributed by atoms with Gasteiger partial charge in [-0.3, -0.25) is 4.90 Å². The number of aryl methyl sites for hydroxylation is 1. The Hall–Kier alpha value is -4.73. The first-order chi connectivity index (χ1) is 17.5. The Morgan fingerprint density at radius 1 is 1.19 bits per heavy atom. The van der Waals surface area contributed by atoms with Gasteiger partial charge in [-0.1, -0.05) is 0 Å². The number of aromatic nitrogens is 3. The number of carbonyl (C=O) groups excluding carboxylic acids is 1. The van der Waals surface area contributed by atoms with Gasteiger partial charge in [0.05, 0.1) is 22.3 Å². The maximum absolute atomic E-state index is 15.8. The van der Waals surface area contributed by atoms with E-state index in [0.717, 1.165) is 4.90 Å². The molecule has 0 atom stereocenters. The summed E-state index contributed by atoms with van der Waals surface area (Å²) >= 11 is 0. The Morgan fingerprint density at radius 3 is 2.65 bits per heavy atom. The lowest BCUT2D eigenvalue weighted by molar-refractivity contribution is -0.137. The zero-order valence-corrected chi connectivity index (χ0v) is 19.0. The smallest absolute Gasteiger partial charge is 0.383 e. The van der Waals surface area contributed by atoms with Gasteiger partial charge in [0.25, 0.3) is 0 Å². The molecule has 0 unspecified atom stereocenters. The molecular weight excluding hydrogens is 497 g/mol. The number of nitrogens with two attached hydrogens (primary N) is 1. The number of nitrogens with one attached hydrogen (secondary N) is 1. The van der Waals surface area contributed by atoms with E-state index in [-0.39, 0.29) is 46.9 Å². The number of halogens is 5. The van der Waals surface area contributed by atoms with E-state index in [1.807, 2.05) is 6.07 Å². The van der Waals surface area contributed by atoms with Crippen LogP contribution in [0.15, 0.2) is 36.7 Å². The summed E-state index contributed by atoms with van der Waals surface area (Å²) in [6.45, 7) is -0.00594. The lowest BCUT2D eigenvalue weighted by atomic mass is 9.98. The number of rotatable bonds is 2. The Labute approximate surface area is 205 Å². The van der Waals surface area contributed by atoms with Crippen LogP contribution in [-0.2, 0) is 19.6 Å². The van der Waals surface area contributed by atoms with Crippen molar-refractivity contribution in [3.05, 3.63) is 65.1 Å². The number of benzene rings is 2. The van der Waals surface area contributed by atoms with Crippen LogP contribution in [0.1, 0.15) is 16.8 Å². The number of hydrogen-bond donors (Lipinski definition) is 2. The van der Waals surface area contributed by atoms with Crippen LogP contribution in [0.25, 0.3) is 22.2 Å². The molecule has 2 aromatic carbocycles. The highest BCUT2D eigenvalue weighted by atomic mass is 19.4. The number of carbonyl (C=O) groups is 1. The topological polar surface area (TPSA) is 113 Å². The molecular formula is C24H16F5N7O. The van der Waals surface area contributed by atoms with Crippen molar-refractivity contribution in [2.45, 2.75) is 12.6 Å². The summed E-state index contributed by atoms with van der Waals surface area (Å²) in [5.74, 6) is -1.70. The molecule has 0 aliphatic carbocycles. The fourth-order valence-corrected chi connectivity index (χ4v) is 4.50. The molecule has 2 amide bonds. The molecule has 3 N–H and O–H groups in total. The summed E-state index contributed by atoms with van der Waals surface area (Å²) in [6, 6.07) is 5.58. The molecule has 0 saturated heterocycles. The number of urea groups is 1. The highest BCUT2D eigenvalue weighted by molar-refractivity contribution is 6.06. The van der Waals surface area contributed by atoms with Crippen LogP contribution in [0, 0.1) is 23.0 Å². The fourth-order valence-electron chi connectivity index (χ4n) is 4.50. The van der Waals surface area contributed by atoms with Crippen LogP contribution in [0.5, 0.6) is 0 Å². The number of anilines is 3. The normalized spacial score (nSPS) is 13.1. The van der Waals surface area contributed by atoms with Crippen LogP contribution in [-0.4, -0.2) is 27.1 Å². The van der Waals surface area contributed by atoms with Gasteiger partial charge in [0.2, 0.25) is 0 Å². The molecule has 0 fully saturated rings. The maximum atomic E-state index is 15.8. The third-order valence-electron chi connectivity index (χ3n) is 6.25. The number of alkyl halides is 3. The first kappa shape index (κ1) is 24.0. The first-order valence-electron chi connectivity index (χ1n) is 10.8. The van der Waals surface area contributed by atoms with Crippen LogP contribution in [0.4, 0.5) is 43.9 Å². The van der Waals surface area contributed by atoms with Gasteiger partial charge in [-0.2, -0.15) is 18.4 Å². The molecule has 1 aliphatic heterocycles. The van der Waals surface area contributed by atoms with Crippen molar-refractivity contribution in [3.8, 4) is 17.2 Å². The quantitative estimate of drug-likeness (QED) is 0.367. The number of fused-ring (bicyclic) bond motifs is 2. The molecule has 8 nitrogen and oxygen atoms in total. The van der Waals surface area contributed by atoms with Crippen LogP contribution in [0.3, 0.4) is 0 Å². The first-order valence-corrected chi connectivity index (χ1v) is 10.8. The van der Waals surface area contributed by atoms with Gasteiger partial charge >= 0.3 is 12.2 Å². The second-order valence-corrected chi connectivity index (χ2v) is 8.30.